The molecular formula is C15H9BrClN. The normalized spacial score (nSPS) is 10.5. The molecule has 18 heavy (non-hydrogen) atoms. The van der Waals surface area contributed by atoms with Crippen molar-refractivity contribution in [2.24, 2.45) is 0 Å². The van der Waals surface area contributed by atoms with Crippen LogP contribution in [0.3, 0.4) is 0 Å². The number of benzene rings is 2. The highest BCUT2D eigenvalue weighted by molar-refractivity contribution is 9.10. The molecule has 0 fully saturated rings. The van der Waals surface area contributed by atoms with E-state index in [0.717, 1.165) is 15.6 Å². The molecule has 0 aliphatic carbocycles. The third-order valence-corrected chi connectivity index (χ3v) is 3.36. The van der Waals surface area contributed by atoms with E-state index < -0.39 is 0 Å². The van der Waals surface area contributed by atoms with Crippen LogP contribution in [0.15, 0.2) is 46.9 Å². The molecule has 0 saturated heterocycles. The highest BCUT2D eigenvalue weighted by atomic mass is 79.9. The maximum atomic E-state index is 8.83. The van der Waals surface area contributed by atoms with Gasteiger partial charge in [0.25, 0.3) is 0 Å². The number of rotatable bonds is 2. The minimum Gasteiger partial charge on any atom is -0.192 e. The van der Waals surface area contributed by atoms with Gasteiger partial charge in [0, 0.05) is 9.50 Å². The first-order valence-corrected chi connectivity index (χ1v) is 6.49. The van der Waals surface area contributed by atoms with Crippen LogP contribution in [0, 0.1) is 11.3 Å². The minimum absolute atomic E-state index is 0.660. The average Bonchev–Trinajstić information content (AvgIpc) is 2.38. The fourth-order valence-corrected chi connectivity index (χ4v) is 2.35. The Bertz CT molecular complexity index is 641. The van der Waals surface area contributed by atoms with Gasteiger partial charge in [-0.25, -0.2) is 0 Å². The number of nitriles is 1. The first kappa shape index (κ1) is 12.9. The van der Waals surface area contributed by atoms with Crippen molar-refractivity contribution in [3.8, 4) is 6.07 Å². The molecule has 0 N–H and O–H groups in total. The zero-order chi connectivity index (χ0) is 13.0. The van der Waals surface area contributed by atoms with Crippen molar-refractivity contribution in [3.05, 3.63) is 68.7 Å². The van der Waals surface area contributed by atoms with Crippen LogP contribution in [0.5, 0.6) is 0 Å². The molecule has 0 spiro atoms. The van der Waals surface area contributed by atoms with Gasteiger partial charge in [-0.05, 0) is 35.4 Å². The van der Waals surface area contributed by atoms with Gasteiger partial charge in [-0.2, -0.15) is 5.26 Å². The Hall–Kier alpha value is -1.56. The summed E-state index contributed by atoms with van der Waals surface area (Å²) in [4.78, 5) is 0. The monoisotopic (exact) mass is 317 g/mol. The molecule has 0 radical (unpaired) electrons. The predicted molar refractivity (Wildman–Crippen MR) is 79.2 cm³/mol. The summed E-state index contributed by atoms with van der Waals surface area (Å²) >= 11 is 9.34. The standard InChI is InChI=1S/C15H9BrClN/c16-15-9-14(17)7-6-13(15)5-4-11-2-1-3-12(8-11)10-18/h1-9H. The summed E-state index contributed by atoms with van der Waals surface area (Å²) in [5.41, 5.74) is 2.70. The van der Waals surface area contributed by atoms with Crippen LogP contribution in [0.25, 0.3) is 12.2 Å². The zero-order valence-corrected chi connectivity index (χ0v) is 11.7. The molecular weight excluding hydrogens is 310 g/mol. The van der Waals surface area contributed by atoms with Crippen LogP contribution in [0.1, 0.15) is 16.7 Å². The summed E-state index contributed by atoms with van der Waals surface area (Å²) < 4.78 is 0.947. The van der Waals surface area contributed by atoms with Crippen molar-refractivity contribution < 1.29 is 0 Å². The largest absolute Gasteiger partial charge is 0.192 e. The van der Waals surface area contributed by atoms with E-state index in [1.54, 1.807) is 6.07 Å². The third-order valence-electron chi connectivity index (χ3n) is 2.43. The second-order valence-corrected chi connectivity index (χ2v) is 5.03. The van der Waals surface area contributed by atoms with Gasteiger partial charge in [0.05, 0.1) is 11.6 Å². The number of hydrogen-bond acceptors (Lipinski definition) is 1. The van der Waals surface area contributed by atoms with Gasteiger partial charge in [0.2, 0.25) is 0 Å². The van der Waals surface area contributed by atoms with E-state index in [0.29, 0.717) is 10.6 Å². The fourth-order valence-electron chi connectivity index (χ4n) is 1.53. The summed E-state index contributed by atoms with van der Waals surface area (Å²) in [6.07, 6.45) is 3.95. The lowest BCUT2D eigenvalue weighted by Gasteiger charge is -1.99. The smallest absolute Gasteiger partial charge is 0.0991 e. The molecule has 0 saturated carbocycles. The van der Waals surface area contributed by atoms with Gasteiger partial charge >= 0.3 is 0 Å². The molecule has 0 aromatic heterocycles. The molecule has 3 heteroatoms. The van der Waals surface area contributed by atoms with Crippen molar-refractivity contribution >= 4 is 39.7 Å². The van der Waals surface area contributed by atoms with E-state index in [1.807, 2.05) is 48.6 Å². The van der Waals surface area contributed by atoms with E-state index in [9.17, 15) is 0 Å². The minimum atomic E-state index is 0.660. The van der Waals surface area contributed by atoms with Gasteiger partial charge in [-0.1, -0.05) is 57.9 Å². The van der Waals surface area contributed by atoms with Gasteiger partial charge in [0.1, 0.15) is 0 Å². The lowest BCUT2D eigenvalue weighted by Crippen LogP contribution is -1.78. The summed E-state index contributed by atoms with van der Waals surface area (Å²) in [7, 11) is 0. The fraction of sp³-hybridized carbons (Fsp3) is 0. The van der Waals surface area contributed by atoms with E-state index >= 15 is 0 Å². The average molecular weight is 319 g/mol. The first-order chi connectivity index (χ1) is 8.69. The topological polar surface area (TPSA) is 23.8 Å². The highest BCUT2D eigenvalue weighted by Crippen LogP contribution is 2.23. The second-order valence-electron chi connectivity index (χ2n) is 3.74. The summed E-state index contributed by atoms with van der Waals surface area (Å²) in [5, 5.41) is 9.53. The highest BCUT2D eigenvalue weighted by Gasteiger charge is 1.97. The lowest BCUT2D eigenvalue weighted by molar-refractivity contribution is 1.48. The van der Waals surface area contributed by atoms with Crippen LogP contribution in [-0.2, 0) is 0 Å². The Morgan fingerprint density at radius 3 is 2.67 bits per heavy atom. The van der Waals surface area contributed by atoms with E-state index in [4.69, 9.17) is 16.9 Å². The van der Waals surface area contributed by atoms with Gasteiger partial charge in [-0.15, -0.1) is 0 Å². The number of hydrogen-bond donors (Lipinski definition) is 0. The van der Waals surface area contributed by atoms with Crippen LogP contribution in [-0.4, -0.2) is 0 Å². The third kappa shape index (κ3) is 3.22. The number of halogens is 2. The van der Waals surface area contributed by atoms with E-state index in [2.05, 4.69) is 22.0 Å². The Labute approximate surface area is 119 Å². The van der Waals surface area contributed by atoms with Crippen molar-refractivity contribution in [1.82, 2.24) is 0 Å². The van der Waals surface area contributed by atoms with Crippen molar-refractivity contribution in [3.63, 3.8) is 0 Å². The van der Waals surface area contributed by atoms with Crippen LogP contribution >= 0.6 is 27.5 Å². The van der Waals surface area contributed by atoms with Crippen LogP contribution in [0.4, 0.5) is 0 Å². The summed E-state index contributed by atoms with van der Waals surface area (Å²) in [5.74, 6) is 0. The molecule has 0 heterocycles. The predicted octanol–water partition coefficient (Wildman–Crippen LogP) is 5.14. The summed E-state index contributed by atoms with van der Waals surface area (Å²) in [6, 6.07) is 15.2. The molecule has 0 bridgehead atoms. The molecule has 2 aromatic rings. The SMILES string of the molecule is N#Cc1cccc(C=Cc2ccc(Cl)cc2Br)c1. The Morgan fingerprint density at radius 2 is 1.94 bits per heavy atom. The molecule has 0 atom stereocenters. The van der Waals surface area contributed by atoms with Crippen molar-refractivity contribution in [1.29, 1.82) is 5.26 Å². The van der Waals surface area contributed by atoms with Gasteiger partial charge in [-0.3, -0.25) is 0 Å². The molecule has 88 valence electrons. The molecule has 0 aliphatic rings. The molecule has 2 aromatic carbocycles. The van der Waals surface area contributed by atoms with Crippen molar-refractivity contribution in [2.45, 2.75) is 0 Å². The number of nitrogens with zero attached hydrogens (tertiary/aromatic N) is 1. The molecule has 1 nitrogen and oxygen atoms in total. The van der Waals surface area contributed by atoms with Gasteiger partial charge in [0.15, 0.2) is 0 Å². The first-order valence-electron chi connectivity index (χ1n) is 5.32. The molecule has 0 aliphatic heterocycles. The second kappa shape index (κ2) is 5.86. The lowest BCUT2D eigenvalue weighted by atomic mass is 10.1. The Kier molecular flexibility index (Phi) is 4.19. The molecule has 0 unspecified atom stereocenters. The maximum absolute atomic E-state index is 8.83. The van der Waals surface area contributed by atoms with Crippen LogP contribution < -0.4 is 0 Å². The van der Waals surface area contributed by atoms with E-state index in [1.165, 1.54) is 0 Å². The van der Waals surface area contributed by atoms with Crippen LogP contribution in [0.2, 0.25) is 5.02 Å². The summed E-state index contributed by atoms with van der Waals surface area (Å²) in [6.45, 7) is 0. The van der Waals surface area contributed by atoms with Gasteiger partial charge < -0.3 is 0 Å². The Balaban J connectivity index is 2.27. The zero-order valence-electron chi connectivity index (χ0n) is 9.40. The molecule has 0 amide bonds. The molecule has 2 rings (SSSR count). The van der Waals surface area contributed by atoms with Crippen molar-refractivity contribution in [2.75, 3.05) is 0 Å². The maximum Gasteiger partial charge on any atom is 0.0991 e. The quantitative estimate of drug-likeness (QED) is 0.703. The Morgan fingerprint density at radius 1 is 1.11 bits per heavy atom. The van der Waals surface area contributed by atoms with E-state index in [-0.39, 0.29) is 0 Å².